The van der Waals surface area contributed by atoms with Crippen molar-refractivity contribution in [2.24, 2.45) is 0 Å². The third kappa shape index (κ3) is 6.21. The lowest BCUT2D eigenvalue weighted by molar-refractivity contribution is 0.0940. The monoisotopic (exact) mass is 502 g/mol. The average Bonchev–Trinajstić information content (AvgIpc) is 2.82. The maximum Gasteiger partial charge on any atom is 0.251 e. The van der Waals surface area contributed by atoms with Crippen molar-refractivity contribution in [3.8, 4) is 11.5 Å². The minimum Gasteiger partial charge on any atom is -0.493 e. The molecule has 3 rings (SSSR count). The van der Waals surface area contributed by atoms with Gasteiger partial charge >= 0.3 is 0 Å². The highest BCUT2D eigenvalue weighted by atomic mass is 35.5. The summed E-state index contributed by atoms with van der Waals surface area (Å²) in [6.07, 6.45) is 1.15. The fourth-order valence-corrected chi connectivity index (χ4v) is 4.43. The van der Waals surface area contributed by atoms with E-state index in [2.05, 4.69) is 5.32 Å². The molecule has 0 bridgehead atoms. The van der Waals surface area contributed by atoms with Gasteiger partial charge in [-0.05, 0) is 66.6 Å². The Morgan fingerprint density at radius 3 is 2.15 bits per heavy atom. The number of amides is 1. The van der Waals surface area contributed by atoms with Crippen LogP contribution < -0.4 is 19.1 Å². The van der Waals surface area contributed by atoms with Gasteiger partial charge in [-0.15, -0.1) is 0 Å². The Morgan fingerprint density at radius 2 is 1.59 bits per heavy atom. The summed E-state index contributed by atoms with van der Waals surface area (Å²) in [5, 5.41) is 3.52. The lowest BCUT2D eigenvalue weighted by Crippen LogP contribution is -2.29. The molecule has 1 N–H and O–H groups in total. The molecular weight excluding hydrogens is 476 g/mol. The van der Waals surface area contributed by atoms with Crippen LogP contribution in [0.1, 0.15) is 34.5 Å². The maximum absolute atomic E-state index is 12.8. The van der Waals surface area contributed by atoms with Gasteiger partial charge in [0, 0.05) is 10.6 Å². The van der Waals surface area contributed by atoms with E-state index in [0.29, 0.717) is 27.8 Å². The minimum absolute atomic E-state index is 0.151. The maximum atomic E-state index is 12.8. The van der Waals surface area contributed by atoms with Crippen LogP contribution in [0.15, 0.2) is 66.7 Å². The number of halogens is 1. The summed E-state index contributed by atoms with van der Waals surface area (Å²) in [5.74, 6) is 0.902. The number of nitrogens with zero attached hydrogens (tertiary/aromatic N) is 1. The van der Waals surface area contributed by atoms with Crippen LogP contribution in [-0.4, -0.2) is 34.8 Å². The second kappa shape index (κ2) is 10.8. The molecule has 0 aliphatic heterocycles. The Kier molecular flexibility index (Phi) is 8.06. The Morgan fingerprint density at radius 1 is 0.971 bits per heavy atom. The second-order valence-corrected chi connectivity index (χ2v) is 10.1. The molecule has 1 atom stereocenters. The summed E-state index contributed by atoms with van der Waals surface area (Å²) in [4.78, 5) is 12.8. The number of benzene rings is 3. The second-order valence-electron chi connectivity index (χ2n) is 7.75. The van der Waals surface area contributed by atoms with Crippen LogP contribution in [0.4, 0.5) is 5.69 Å². The highest BCUT2D eigenvalue weighted by Gasteiger charge is 2.19. The van der Waals surface area contributed by atoms with Gasteiger partial charge in [0.1, 0.15) is 0 Å². The van der Waals surface area contributed by atoms with Gasteiger partial charge < -0.3 is 14.8 Å². The van der Waals surface area contributed by atoms with Gasteiger partial charge in [0.15, 0.2) is 11.5 Å². The van der Waals surface area contributed by atoms with Gasteiger partial charge in [-0.3, -0.25) is 9.10 Å². The van der Waals surface area contributed by atoms with E-state index in [9.17, 15) is 13.2 Å². The van der Waals surface area contributed by atoms with Crippen LogP contribution in [0.5, 0.6) is 11.5 Å². The Balaban J connectivity index is 1.75. The number of methoxy groups -OCH3 is 2. The predicted octanol–water partition coefficient (Wildman–Crippen LogP) is 4.81. The summed E-state index contributed by atoms with van der Waals surface area (Å²) in [6, 6.07) is 18.6. The van der Waals surface area contributed by atoms with Crippen molar-refractivity contribution in [3.05, 3.63) is 88.4 Å². The largest absolute Gasteiger partial charge is 0.493 e. The predicted molar refractivity (Wildman–Crippen MR) is 134 cm³/mol. The highest BCUT2D eigenvalue weighted by Crippen LogP contribution is 2.30. The number of rotatable bonds is 9. The van der Waals surface area contributed by atoms with Crippen molar-refractivity contribution in [1.82, 2.24) is 5.32 Å². The van der Waals surface area contributed by atoms with E-state index >= 15 is 0 Å². The van der Waals surface area contributed by atoms with Gasteiger partial charge in [-0.1, -0.05) is 29.8 Å². The highest BCUT2D eigenvalue weighted by molar-refractivity contribution is 7.92. The van der Waals surface area contributed by atoms with Crippen LogP contribution in [0.25, 0.3) is 0 Å². The van der Waals surface area contributed by atoms with Gasteiger partial charge in [0.25, 0.3) is 5.91 Å². The number of carbonyl (C=O) groups excluding carboxylic acids is 1. The molecule has 9 heteroatoms. The molecule has 0 unspecified atom stereocenters. The fraction of sp³-hybridized carbons (Fsp3) is 0.240. The molecule has 0 radical (unpaired) electrons. The quantitative estimate of drug-likeness (QED) is 0.453. The molecule has 1 amide bonds. The first-order valence-electron chi connectivity index (χ1n) is 10.5. The Labute approximate surface area is 205 Å². The SMILES string of the molecule is COc1ccc([C@H](C)NC(=O)c2ccc(N(Cc3ccc(Cl)cc3)S(C)(=O)=O)cc2)cc1OC. The number of sulfonamides is 1. The molecule has 0 fully saturated rings. The zero-order chi connectivity index (χ0) is 24.9. The molecule has 0 saturated carbocycles. The van der Waals surface area contributed by atoms with Crippen molar-refractivity contribution in [2.45, 2.75) is 19.5 Å². The third-order valence-corrected chi connectivity index (χ3v) is 6.71. The molecule has 0 saturated heterocycles. The Hall–Kier alpha value is -3.23. The van der Waals surface area contributed by atoms with Crippen molar-refractivity contribution in [2.75, 3.05) is 24.8 Å². The zero-order valence-electron chi connectivity index (χ0n) is 19.4. The van der Waals surface area contributed by atoms with Gasteiger partial charge in [-0.25, -0.2) is 8.42 Å². The summed E-state index contributed by atoms with van der Waals surface area (Å²) >= 11 is 5.92. The van der Waals surface area contributed by atoms with E-state index in [1.54, 1.807) is 68.8 Å². The van der Waals surface area contributed by atoms with E-state index in [0.717, 1.165) is 17.4 Å². The smallest absolute Gasteiger partial charge is 0.251 e. The first-order valence-corrected chi connectivity index (χ1v) is 12.7. The van der Waals surface area contributed by atoms with Crippen LogP contribution >= 0.6 is 11.6 Å². The summed E-state index contributed by atoms with van der Waals surface area (Å²) in [5.41, 5.74) is 2.52. The molecule has 3 aromatic carbocycles. The lowest BCUT2D eigenvalue weighted by Gasteiger charge is -2.23. The van der Waals surface area contributed by atoms with E-state index in [1.165, 1.54) is 4.31 Å². The molecule has 0 aromatic heterocycles. The number of ether oxygens (including phenoxy) is 2. The number of nitrogens with one attached hydrogen (secondary N) is 1. The van der Waals surface area contributed by atoms with Gasteiger partial charge in [0.2, 0.25) is 10.0 Å². The average molecular weight is 503 g/mol. The van der Waals surface area contributed by atoms with Gasteiger partial charge in [0.05, 0.1) is 38.7 Å². The lowest BCUT2D eigenvalue weighted by atomic mass is 10.1. The summed E-state index contributed by atoms with van der Waals surface area (Å²) in [6.45, 7) is 2.02. The third-order valence-electron chi connectivity index (χ3n) is 5.31. The summed E-state index contributed by atoms with van der Waals surface area (Å²) in [7, 11) is -0.432. The number of hydrogen-bond donors (Lipinski definition) is 1. The van der Waals surface area contributed by atoms with E-state index < -0.39 is 10.0 Å². The van der Waals surface area contributed by atoms with Crippen molar-refractivity contribution in [1.29, 1.82) is 0 Å². The number of hydrogen-bond acceptors (Lipinski definition) is 5. The molecule has 7 nitrogen and oxygen atoms in total. The minimum atomic E-state index is -3.55. The molecule has 0 aliphatic rings. The molecule has 0 aliphatic carbocycles. The van der Waals surface area contributed by atoms with Crippen LogP contribution in [0.2, 0.25) is 5.02 Å². The zero-order valence-corrected chi connectivity index (χ0v) is 21.0. The molecule has 3 aromatic rings. The van der Waals surface area contributed by atoms with E-state index in [4.69, 9.17) is 21.1 Å². The Bertz CT molecular complexity index is 1250. The summed E-state index contributed by atoms with van der Waals surface area (Å²) < 4.78 is 36.7. The number of carbonyl (C=O) groups is 1. The molecular formula is C25H27ClN2O5S. The molecule has 180 valence electrons. The van der Waals surface area contributed by atoms with Crippen molar-refractivity contribution >= 4 is 33.2 Å². The van der Waals surface area contributed by atoms with E-state index in [1.807, 2.05) is 19.1 Å². The van der Waals surface area contributed by atoms with Crippen molar-refractivity contribution < 1.29 is 22.7 Å². The fourth-order valence-electron chi connectivity index (χ4n) is 3.42. The van der Waals surface area contributed by atoms with Gasteiger partial charge in [-0.2, -0.15) is 0 Å². The van der Waals surface area contributed by atoms with Crippen LogP contribution in [0, 0.1) is 0 Å². The standard InChI is InChI=1S/C25H27ClN2O5S/c1-17(20-9-14-23(32-2)24(15-20)33-3)27-25(29)19-7-12-22(13-8-19)28(34(4,30)31)16-18-5-10-21(26)11-6-18/h5-15,17H,16H2,1-4H3,(H,27,29)/t17-/m0/s1. The number of anilines is 1. The van der Waals surface area contributed by atoms with Crippen LogP contribution in [0.3, 0.4) is 0 Å². The molecule has 0 heterocycles. The molecule has 34 heavy (non-hydrogen) atoms. The normalized spacial score (nSPS) is 12.0. The first kappa shape index (κ1) is 25.4. The topological polar surface area (TPSA) is 84.9 Å². The molecule has 0 spiro atoms. The van der Waals surface area contributed by atoms with Crippen LogP contribution in [-0.2, 0) is 16.6 Å². The van der Waals surface area contributed by atoms with E-state index in [-0.39, 0.29) is 18.5 Å². The van der Waals surface area contributed by atoms with Crippen molar-refractivity contribution in [3.63, 3.8) is 0 Å². The first-order chi connectivity index (χ1) is 16.1.